The van der Waals surface area contributed by atoms with Gasteiger partial charge in [0.2, 0.25) is 5.91 Å². The van der Waals surface area contributed by atoms with Gasteiger partial charge in [-0.15, -0.1) is 10.2 Å². The van der Waals surface area contributed by atoms with Gasteiger partial charge in [-0.25, -0.2) is 4.39 Å². The number of carbonyl (C=O) groups is 1. The summed E-state index contributed by atoms with van der Waals surface area (Å²) in [7, 11) is 0. The van der Waals surface area contributed by atoms with E-state index in [2.05, 4.69) is 15.5 Å². The smallest absolute Gasteiger partial charge is 0.234 e. The lowest BCUT2D eigenvalue weighted by Gasteiger charge is -2.08. The molecule has 27 heavy (non-hydrogen) atoms. The largest absolute Gasteiger partial charge is 0.323 e. The summed E-state index contributed by atoms with van der Waals surface area (Å²) in [6.07, 6.45) is 0. The van der Waals surface area contributed by atoms with E-state index in [1.165, 1.54) is 23.9 Å². The van der Waals surface area contributed by atoms with E-state index in [1.807, 2.05) is 35.6 Å². The molecule has 0 bridgehead atoms. The van der Waals surface area contributed by atoms with Crippen LogP contribution in [0.3, 0.4) is 0 Å². The van der Waals surface area contributed by atoms with Crippen LogP contribution in [-0.4, -0.2) is 26.3 Å². The van der Waals surface area contributed by atoms with Crippen LogP contribution in [0, 0.1) is 12.7 Å². The Kier molecular flexibility index (Phi) is 4.72. The van der Waals surface area contributed by atoms with Crippen molar-refractivity contribution in [1.82, 2.24) is 14.6 Å². The number of thioether (sulfide) groups is 1. The first kappa shape index (κ1) is 17.8. The number of anilines is 1. The minimum atomic E-state index is -0.470. The van der Waals surface area contributed by atoms with E-state index in [0.29, 0.717) is 15.8 Å². The monoisotopic (exact) mass is 400 g/mol. The van der Waals surface area contributed by atoms with Gasteiger partial charge in [0.25, 0.3) is 0 Å². The number of aryl methyl sites for hydroxylation is 1. The molecule has 0 spiro atoms. The molecule has 5 nitrogen and oxygen atoms in total. The van der Waals surface area contributed by atoms with Gasteiger partial charge in [0.1, 0.15) is 5.82 Å². The molecule has 0 aliphatic carbocycles. The first-order valence-electron chi connectivity index (χ1n) is 8.14. The number of para-hydroxylation sites is 1. The lowest BCUT2D eigenvalue weighted by molar-refractivity contribution is -0.113. The van der Waals surface area contributed by atoms with Gasteiger partial charge < -0.3 is 5.32 Å². The summed E-state index contributed by atoms with van der Waals surface area (Å²) in [5.41, 5.74) is 2.81. The van der Waals surface area contributed by atoms with Crippen LogP contribution in [0.5, 0.6) is 0 Å². The van der Waals surface area contributed by atoms with Crippen LogP contribution >= 0.6 is 23.4 Å². The average molecular weight is 401 g/mol. The summed E-state index contributed by atoms with van der Waals surface area (Å²) >= 11 is 7.36. The van der Waals surface area contributed by atoms with Crippen LogP contribution in [0.15, 0.2) is 53.7 Å². The van der Waals surface area contributed by atoms with Gasteiger partial charge in [-0.05, 0) is 48.9 Å². The minimum absolute atomic E-state index is 0.0814. The number of aromatic nitrogens is 3. The predicted molar refractivity (Wildman–Crippen MR) is 106 cm³/mol. The highest BCUT2D eigenvalue weighted by atomic mass is 35.5. The van der Waals surface area contributed by atoms with E-state index in [1.54, 1.807) is 12.1 Å². The second kappa shape index (κ2) is 7.17. The SMILES string of the molecule is Cc1cc2nnc(SCC(=O)Nc3ccccc3F)n2c2ccc(Cl)cc12. The molecule has 4 aromatic rings. The number of nitrogens with one attached hydrogen (secondary N) is 1. The van der Waals surface area contributed by atoms with Crippen molar-refractivity contribution in [2.24, 2.45) is 0 Å². The van der Waals surface area contributed by atoms with Crippen LogP contribution in [0.2, 0.25) is 5.02 Å². The maximum atomic E-state index is 13.7. The number of hydrogen-bond donors (Lipinski definition) is 1. The number of hydrogen-bond acceptors (Lipinski definition) is 4. The lowest BCUT2D eigenvalue weighted by Crippen LogP contribution is -2.15. The number of rotatable bonds is 4. The Labute approximate surface area is 163 Å². The zero-order valence-electron chi connectivity index (χ0n) is 14.2. The number of halogens is 2. The fourth-order valence-electron chi connectivity index (χ4n) is 2.86. The third-order valence-electron chi connectivity index (χ3n) is 4.11. The number of fused-ring (bicyclic) bond motifs is 3. The molecule has 0 fully saturated rings. The van der Waals surface area contributed by atoms with E-state index >= 15 is 0 Å². The molecule has 0 radical (unpaired) electrons. The highest BCUT2D eigenvalue weighted by Crippen LogP contribution is 2.28. The number of carbonyl (C=O) groups excluding carboxylic acids is 1. The van der Waals surface area contributed by atoms with Crippen LogP contribution in [0.25, 0.3) is 16.6 Å². The molecular formula is C19H14ClFN4OS. The van der Waals surface area contributed by atoms with Crippen molar-refractivity contribution in [3.63, 3.8) is 0 Å². The Morgan fingerprint density at radius 1 is 1.22 bits per heavy atom. The Hall–Kier alpha value is -2.64. The molecule has 0 atom stereocenters. The first-order chi connectivity index (χ1) is 13.0. The molecule has 2 aromatic carbocycles. The zero-order chi connectivity index (χ0) is 19.0. The third-order valence-corrected chi connectivity index (χ3v) is 5.27. The van der Waals surface area contributed by atoms with Gasteiger partial charge in [0, 0.05) is 10.4 Å². The molecule has 0 aliphatic heterocycles. The fraction of sp³-hybridized carbons (Fsp3) is 0.105. The summed E-state index contributed by atoms with van der Waals surface area (Å²) in [6.45, 7) is 1.99. The van der Waals surface area contributed by atoms with E-state index < -0.39 is 5.82 Å². The molecular weight excluding hydrogens is 387 g/mol. The van der Waals surface area contributed by atoms with E-state index in [4.69, 9.17) is 11.6 Å². The van der Waals surface area contributed by atoms with E-state index in [0.717, 1.165) is 16.5 Å². The van der Waals surface area contributed by atoms with Gasteiger partial charge in [-0.1, -0.05) is 35.5 Å². The standard InChI is InChI=1S/C19H14ClFN4OS/c1-11-8-17-23-24-19(25(17)16-7-6-12(20)9-13(11)16)27-10-18(26)22-15-5-3-2-4-14(15)21/h2-9H,10H2,1H3,(H,22,26). The van der Waals surface area contributed by atoms with Crippen LogP contribution in [-0.2, 0) is 4.79 Å². The third kappa shape index (κ3) is 3.48. The molecule has 2 aromatic heterocycles. The molecule has 1 amide bonds. The Morgan fingerprint density at radius 3 is 2.85 bits per heavy atom. The zero-order valence-corrected chi connectivity index (χ0v) is 15.8. The minimum Gasteiger partial charge on any atom is -0.323 e. The van der Waals surface area contributed by atoms with Crippen molar-refractivity contribution in [3.8, 4) is 0 Å². The first-order valence-corrected chi connectivity index (χ1v) is 9.50. The summed E-state index contributed by atoms with van der Waals surface area (Å²) in [5.74, 6) is -0.707. The summed E-state index contributed by atoms with van der Waals surface area (Å²) in [4.78, 5) is 12.2. The Balaban J connectivity index is 1.61. The van der Waals surface area contributed by atoms with E-state index in [9.17, 15) is 9.18 Å². The van der Waals surface area contributed by atoms with Crippen molar-refractivity contribution in [3.05, 3.63) is 64.9 Å². The van der Waals surface area contributed by atoms with Gasteiger partial charge in [-0.3, -0.25) is 9.20 Å². The summed E-state index contributed by atoms with van der Waals surface area (Å²) < 4.78 is 15.5. The molecule has 1 N–H and O–H groups in total. The molecule has 4 rings (SSSR count). The average Bonchev–Trinajstić information content (AvgIpc) is 3.05. The predicted octanol–water partition coefficient (Wildman–Crippen LogP) is 4.71. The second-order valence-corrected chi connectivity index (χ2v) is 7.36. The fourth-order valence-corrected chi connectivity index (χ4v) is 3.79. The lowest BCUT2D eigenvalue weighted by atomic mass is 10.1. The van der Waals surface area contributed by atoms with Crippen LogP contribution in [0.4, 0.5) is 10.1 Å². The maximum Gasteiger partial charge on any atom is 0.234 e. The van der Waals surface area contributed by atoms with Gasteiger partial charge in [0.05, 0.1) is 17.0 Å². The van der Waals surface area contributed by atoms with Crippen molar-refractivity contribution < 1.29 is 9.18 Å². The molecule has 2 heterocycles. The Bertz CT molecular complexity index is 1180. The van der Waals surface area contributed by atoms with Gasteiger partial charge >= 0.3 is 0 Å². The normalized spacial score (nSPS) is 11.2. The van der Waals surface area contributed by atoms with Crippen molar-refractivity contribution in [2.45, 2.75) is 12.1 Å². The Morgan fingerprint density at radius 2 is 2.04 bits per heavy atom. The van der Waals surface area contributed by atoms with Crippen molar-refractivity contribution in [2.75, 3.05) is 11.1 Å². The molecule has 8 heteroatoms. The van der Waals surface area contributed by atoms with Gasteiger partial charge in [0.15, 0.2) is 10.8 Å². The molecule has 136 valence electrons. The quantitative estimate of drug-likeness (QED) is 0.504. The topological polar surface area (TPSA) is 59.3 Å². The highest BCUT2D eigenvalue weighted by molar-refractivity contribution is 7.99. The van der Waals surface area contributed by atoms with Crippen LogP contribution < -0.4 is 5.32 Å². The maximum absolute atomic E-state index is 13.7. The number of amides is 1. The highest BCUT2D eigenvalue weighted by Gasteiger charge is 2.14. The van der Waals surface area contributed by atoms with Gasteiger partial charge in [-0.2, -0.15) is 0 Å². The number of nitrogens with zero attached hydrogens (tertiary/aromatic N) is 3. The van der Waals surface area contributed by atoms with Crippen LogP contribution in [0.1, 0.15) is 5.56 Å². The van der Waals surface area contributed by atoms with Crippen molar-refractivity contribution in [1.29, 1.82) is 0 Å². The van der Waals surface area contributed by atoms with E-state index in [-0.39, 0.29) is 17.3 Å². The molecule has 0 unspecified atom stereocenters. The second-order valence-electron chi connectivity index (χ2n) is 5.98. The van der Waals surface area contributed by atoms with Crippen molar-refractivity contribution >= 4 is 51.5 Å². The number of benzene rings is 2. The molecule has 0 saturated heterocycles. The summed E-state index contributed by atoms with van der Waals surface area (Å²) in [5, 5.41) is 13.2. The molecule has 0 saturated carbocycles. The summed E-state index contributed by atoms with van der Waals surface area (Å²) in [6, 6.07) is 13.6. The number of pyridine rings is 1. The molecule has 0 aliphatic rings.